The number of nitrogens with zero attached hydrogens (tertiary/aromatic N) is 3. The summed E-state index contributed by atoms with van der Waals surface area (Å²) in [7, 11) is 0. The lowest BCUT2D eigenvalue weighted by Gasteiger charge is -2.33. The molecule has 2 aliphatic heterocycles. The average Bonchev–Trinajstić information content (AvgIpc) is 3.13. The normalized spacial score (nSPS) is 15.2. The highest BCUT2D eigenvalue weighted by Gasteiger charge is 2.39. The summed E-state index contributed by atoms with van der Waals surface area (Å²) in [6, 6.07) is 9.18. The summed E-state index contributed by atoms with van der Waals surface area (Å²) in [5, 5.41) is 13.9. The number of non-ortho nitro benzene ring substituents is 1. The first kappa shape index (κ1) is 26.3. The summed E-state index contributed by atoms with van der Waals surface area (Å²) in [5.74, 6) is -1.94. The van der Waals surface area contributed by atoms with Crippen LogP contribution in [0.25, 0.3) is 0 Å². The number of carbonyl (C=O) groups excluding carboxylic acids is 5. The predicted octanol–water partition coefficient (Wildman–Crippen LogP) is 2.15. The van der Waals surface area contributed by atoms with Crippen LogP contribution in [0.1, 0.15) is 50.8 Å². The van der Waals surface area contributed by atoms with Crippen LogP contribution < -0.4 is 10.1 Å². The third-order valence-electron chi connectivity index (χ3n) is 6.22. The van der Waals surface area contributed by atoms with Gasteiger partial charge < -0.3 is 19.7 Å². The van der Waals surface area contributed by atoms with Crippen molar-refractivity contribution in [1.29, 1.82) is 0 Å². The minimum absolute atomic E-state index is 0.0234. The molecule has 2 heterocycles. The van der Waals surface area contributed by atoms with E-state index in [9.17, 15) is 34.1 Å². The molecule has 1 N–H and O–H groups in total. The van der Waals surface area contributed by atoms with E-state index in [1.165, 1.54) is 35.2 Å². The van der Waals surface area contributed by atoms with E-state index in [2.05, 4.69) is 5.32 Å². The van der Waals surface area contributed by atoms with Crippen LogP contribution in [0, 0.1) is 10.1 Å². The number of rotatable bonds is 7. The second-order valence-electron chi connectivity index (χ2n) is 8.62. The summed E-state index contributed by atoms with van der Waals surface area (Å²) in [6.45, 7) is 1.98. The Morgan fingerprint density at radius 2 is 1.68 bits per heavy atom. The molecule has 13 heteroatoms. The van der Waals surface area contributed by atoms with E-state index >= 15 is 0 Å². The number of hydrogen-bond donors (Lipinski definition) is 1. The van der Waals surface area contributed by atoms with Gasteiger partial charge in [-0.1, -0.05) is 0 Å². The van der Waals surface area contributed by atoms with Crippen LogP contribution in [0.4, 0.5) is 10.5 Å². The molecule has 1 fully saturated rings. The van der Waals surface area contributed by atoms with E-state index in [0.29, 0.717) is 31.5 Å². The Morgan fingerprint density at radius 1 is 1.03 bits per heavy atom. The van der Waals surface area contributed by atoms with Crippen molar-refractivity contribution in [2.45, 2.75) is 25.8 Å². The monoisotopic (exact) mass is 524 g/mol. The molecule has 13 nitrogen and oxygen atoms in total. The van der Waals surface area contributed by atoms with Crippen molar-refractivity contribution in [3.8, 4) is 5.75 Å². The van der Waals surface area contributed by atoms with Gasteiger partial charge >= 0.3 is 6.16 Å². The number of imide groups is 1. The minimum atomic E-state index is -0.835. The molecule has 0 unspecified atom stereocenters. The van der Waals surface area contributed by atoms with Crippen molar-refractivity contribution in [1.82, 2.24) is 15.1 Å². The minimum Gasteiger partial charge on any atom is -0.434 e. The lowest BCUT2D eigenvalue weighted by molar-refractivity contribution is -0.384. The number of hydrogen-bond acceptors (Lipinski definition) is 9. The predicted molar refractivity (Wildman–Crippen MR) is 130 cm³/mol. The van der Waals surface area contributed by atoms with Crippen LogP contribution >= 0.6 is 0 Å². The molecule has 0 atom stereocenters. The second-order valence-corrected chi connectivity index (χ2v) is 8.62. The van der Waals surface area contributed by atoms with Crippen LogP contribution in [0.3, 0.4) is 0 Å². The molecule has 2 aromatic rings. The van der Waals surface area contributed by atoms with Crippen LogP contribution in [0.2, 0.25) is 0 Å². The third-order valence-corrected chi connectivity index (χ3v) is 6.22. The highest BCUT2D eigenvalue weighted by molar-refractivity contribution is 6.22. The Kier molecular flexibility index (Phi) is 7.65. The first-order valence-electron chi connectivity index (χ1n) is 11.9. The van der Waals surface area contributed by atoms with E-state index in [4.69, 9.17) is 9.47 Å². The smallest absolute Gasteiger partial charge is 0.434 e. The lowest BCUT2D eigenvalue weighted by Crippen LogP contribution is -2.49. The lowest BCUT2D eigenvalue weighted by atomic mass is 10.0. The van der Waals surface area contributed by atoms with E-state index in [-0.39, 0.29) is 41.1 Å². The molecule has 0 aliphatic carbocycles. The van der Waals surface area contributed by atoms with Gasteiger partial charge in [0.15, 0.2) is 0 Å². The fourth-order valence-electron chi connectivity index (χ4n) is 4.23. The van der Waals surface area contributed by atoms with Gasteiger partial charge in [-0.15, -0.1) is 0 Å². The molecule has 2 aliphatic rings. The number of benzene rings is 2. The molecular weight excluding hydrogens is 500 g/mol. The molecule has 4 rings (SSSR count). The molecule has 4 amide bonds. The maximum Gasteiger partial charge on any atom is 0.513 e. The van der Waals surface area contributed by atoms with Gasteiger partial charge in [0.1, 0.15) is 12.3 Å². The second kappa shape index (κ2) is 11.1. The largest absolute Gasteiger partial charge is 0.513 e. The van der Waals surface area contributed by atoms with Gasteiger partial charge in [0.25, 0.3) is 23.4 Å². The van der Waals surface area contributed by atoms with Crippen molar-refractivity contribution >= 4 is 35.5 Å². The standard InChI is InChI=1S/C25H24N4O9/c1-2-37-25(34)38-18-6-3-15(4-7-18)22(31)26-16-9-11-27(12-10-16)21(30)14-28-23(32)19-8-5-17(29(35)36)13-20(19)24(28)33/h3-8,13,16H,2,9-12,14H2,1H3,(H,26,31). The molecular formula is C25H24N4O9. The Balaban J connectivity index is 1.27. The van der Waals surface area contributed by atoms with Crippen molar-refractivity contribution in [2.75, 3.05) is 26.2 Å². The Labute approximate surface area is 216 Å². The number of piperidine rings is 1. The Morgan fingerprint density at radius 3 is 2.32 bits per heavy atom. The van der Waals surface area contributed by atoms with Gasteiger partial charge in [0.2, 0.25) is 5.91 Å². The fraction of sp³-hybridized carbons (Fsp3) is 0.320. The molecule has 0 saturated carbocycles. The number of amides is 4. The Hall–Kier alpha value is -4.81. The van der Waals surface area contributed by atoms with Crippen molar-refractivity contribution in [3.63, 3.8) is 0 Å². The van der Waals surface area contributed by atoms with Gasteiger partial charge in [-0.25, -0.2) is 4.79 Å². The van der Waals surface area contributed by atoms with Crippen molar-refractivity contribution in [2.24, 2.45) is 0 Å². The molecule has 2 aromatic carbocycles. The zero-order valence-corrected chi connectivity index (χ0v) is 20.4. The van der Waals surface area contributed by atoms with E-state index in [1.807, 2.05) is 0 Å². The molecule has 0 bridgehead atoms. The zero-order valence-electron chi connectivity index (χ0n) is 20.4. The molecule has 198 valence electrons. The third kappa shape index (κ3) is 5.61. The molecule has 0 aromatic heterocycles. The number of fused-ring (bicyclic) bond motifs is 1. The number of nitro groups is 1. The van der Waals surface area contributed by atoms with Crippen LogP contribution in [-0.4, -0.2) is 76.8 Å². The first-order valence-corrected chi connectivity index (χ1v) is 11.9. The molecule has 38 heavy (non-hydrogen) atoms. The van der Waals surface area contributed by atoms with Gasteiger partial charge in [0, 0.05) is 36.8 Å². The number of nitrogens with one attached hydrogen (secondary N) is 1. The van der Waals surface area contributed by atoms with Crippen LogP contribution in [-0.2, 0) is 9.53 Å². The van der Waals surface area contributed by atoms with Gasteiger partial charge in [-0.05, 0) is 50.1 Å². The zero-order chi connectivity index (χ0) is 27.4. The van der Waals surface area contributed by atoms with Crippen LogP contribution in [0.15, 0.2) is 42.5 Å². The van der Waals surface area contributed by atoms with E-state index in [0.717, 1.165) is 17.0 Å². The summed E-state index contributed by atoms with van der Waals surface area (Å²) in [5.41, 5.74) is -0.0251. The number of likely N-dealkylation sites (tertiary alicyclic amines) is 1. The quantitative estimate of drug-likeness (QED) is 0.188. The summed E-state index contributed by atoms with van der Waals surface area (Å²) < 4.78 is 9.66. The van der Waals surface area contributed by atoms with Gasteiger partial charge in [-0.3, -0.25) is 34.2 Å². The fourth-order valence-corrected chi connectivity index (χ4v) is 4.23. The molecule has 0 spiro atoms. The van der Waals surface area contributed by atoms with Crippen molar-refractivity contribution in [3.05, 3.63) is 69.3 Å². The first-order chi connectivity index (χ1) is 18.2. The Bertz CT molecular complexity index is 1300. The van der Waals surface area contributed by atoms with E-state index < -0.39 is 35.3 Å². The van der Waals surface area contributed by atoms with Crippen LogP contribution in [0.5, 0.6) is 5.75 Å². The summed E-state index contributed by atoms with van der Waals surface area (Å²) >= 11 is 0. The molecule has 1 saturated heterocycles. The number of carbonyl (C=O) groups is 5. The summed E-state index contributed by atoms with van der Waals surface area (Å²) in [4.78, 5) is 74.7. The number of ether oxygens (including phenoxy) is 2. The van der Waals surface area contributed by atoms with Gasteiger partial charge in [0.05, 0.1) is 22.7 Å². The maximum atomic E-state index is 12.8. The van der Waals surface area contributed by atoms with Crippen molar-refractivity contribution < 1.29 is 38.4 Å². The molecule has 0 radical (unpaired) electrons. The van der Waals surface area contributed by atoms with E-state index in [1.54, 1.807) is 6.92 Å². The topological polar surface area (TPSA) is 165 Å². The maximum absolute atomic E-state index is 12.8. The average molecular weight is 524 g/mol. The highest BCUT2D eigenvalue weighted by Crippen LogP contribution is 2.27. The SMILES string of the molecule is CCOC(=O)Oc1ccc(C(=O)NC2CCN(C(=O)CN3C(=O)c4ccc([N+](=O)[O-])cc4C3=O)CC2)cc1. The number of nitro benzene ring substituents is 1. The van der Waals surface area contributed by atoms with Gasteiger partial charge in [-0.2, -0.15) is 0 Å². The summed E-state index contributed by atoms with van der Waals surface area (Å²) in [6.07, 6.45) is 0.101. The highest BCUT2D eigenvalue weighted by atomic mass is 16.7.